The monoisotopic (exact) mass is 264 g/mol. The van der Waals surface area contributed by atoms with Crippen molar-refractivity contribution in [2.45, 2.75) is 13.0 Å². The van der Waals surface area contributed by atoms with Crippen molar-refractivity contribution in [3.05, 3.63) is 35.4 Å². The van der Waals surface area contributed by atoms with E-state index in [1.165, 1.54) is 12.1 Å². The molecule has 0 aliphatic carbocycles. The summed E-state index contributed by atoms with van der Waals surface area (Å²) in [5, 5.41) is 11.3. The van der Waals surface area contributed by atoms with Gasteiger partial charge in [0.25, 0.3) is 11.8 Å². The molecule has 0 saturated heterocycles. The highest BCUT2D eigenvalue weighted by atomic mass is 16.7. The molecule has 0 bridgehead atoms. The van der Waals surface area contributed by atoms with Crippen LogP contribution in [0.5, 0.6) is 0 Å². The van der Waals surface area contributed by atoms with E-state index in [4.69, 9.17) is 9.94 Å². The number of carbonyl (C=O) groups excluding carboxylic acids is 2. The van der Waals surface area contributed by atoms with Crippen LogP contribution in [0.25, 0.3) is 0 Å². The second-order valence-electron chi connectivity index (χ2n) is 4.10. The first kappa shape index (κ1) is 13.0. The molecule has 0 fully saturated rings. The SMILES string of the molecule is CC(CON1C(=O)c2ccccc2C1=O)NC(=O)O. The molecule has 0 aromatic heterocycles. The lowest BCUT2D eigenvalue weighted by molar-refractivity contribution is -0.0958. The Morgan fingerprint density at radius 3 is 2.32 bits per heavy atom. The lowest BCUT2D eigenvalue weighted by atomic mass is 10.1. The number of benzene rings is 1. The van der Waals surface area contributed by atoms with E-state index in [2.05, 4.69) is 5.32 Å². The number of hydroxylamine groups is 2. The van der Waals surface area contributed by atoms with E-state index in [0.29, 0.717) is 5.06 Å². The van der Waals surface area contributed by atoms with Crippen LogP contribution in [0.3, 0.4) is 0 Å². The molecular weight excluding hydrogens is 252 g/mol. The van der Waals surface area contributed by atoms with E-state index >= 15 is 0 Å². The van der Waals surface area contributed by atoms with Crippen LogP contribution < -0.4 is 5.32 Å². The lowest BCUT2D eigenvalue weighted by Gasteiger charge is -2.16. The Morgan fingerprint density at radius 1 is 1.32 bits per heavy atom. The molecule has 1 heterocycles. The van der Waals surface area contributed by atoms with Gasteiger partial charge in [0.15, 0.2) is 0 Å². The van der Waals surface area contributed by atoms with Crippen molar-refractivity contribution in [2.75, 3.05) is 6.61 Å². The van der Waals surface area contributed by atoms with Gasteiger partial charge in [0.1, 0.15) is 0 Å². The van der Waals surface area contributed by atoms with Gasteiger partial charge >= 0.3 is 6.09 Å². The fraction of sp³-hybridized carbons (Fsp3) is 0.250. The molecule has 7 heteroatoms. The number of nitrogens with zero attached hydrogens (tertiary/aromatic N) is 1. The van der Waals surface area contributed by atoms with E-state index in [1.807, 2.05) is 0 Å². The topological polar surface area (TPSA) is 95.9 Å². The van der Waals surface area contributed by atoms with Gasteiger partial charge in [-0.2, -0.15) is 0 Å². The molecule has 7 nitrogen and oxygen atoms in total. The first-order valence-electron chi connectivity index (χ1n) is 5.61. The Bertz CT molecular complexity index is 508. The number of fused-ring (bicyclic) bond motifs is 1. The van der Waals surface area contributed by atoms with Crippen molar-refractivity contribution in [3.63, 3.8) is 0 Å². The Kier molecular flexibility index (Phi) is 3.48. The van der Waals surface area contributed by atoms with Crippen molar-refractivity contribution >= 4 is 17.9 Å². The maximum absolute atomic E-state index is 11.9. The summed E-state index contributed by atoms with van der Waals surface area (Å²) in [6, 6.07) is 5.85. The average Bonchev–Trinajstić information content (AvgIpc) is 2.60. The van der Waals surface area contributed by atoms with Gasteiger partial charge in [-0.3, -0.25) is 14.4 Å². The molecule has 1 aliphatic heterocycles. The van der Waals surface area contributed by atoms with Crippen molar-refractivity contribution < 1.29 is 24.3 Å². The third-order valence-electron chi connectivity index (χ3n) is 2.58. The summed E-state index contributed by atoms with van der Waals surface area (Å²) in [6.45, 7) is 1.45. The van der Waals surface area contributed by atoms with Gasteiger partial charge in [-0.25, -0.2) is 4.79 Å². The van der Waals surface area contributed by atoms with Crippen LogP contribution in [0.1, 0.15) is 27.6 Å². The second kappa shape index (κ2) is 5.07. The fourth-order valence-electron chi connectivity index (χ4n) is 1.72. The van der Waals surface area contributed by atoms with Crippen LogP contribution in [-0.2, 0) is 4.84 Å². The van der Waals surface area contributed by atoms with Crippen LogP contribution >= 0.6 is 0 Å². The average molecular weight is 264 g/mol. The van der Waals surface area contributed by atoms with E-state index in [9.17, 15) is 14.4 Å². The number of carboxylic acid groups (broad SMARTS) is 1. The van der Waals surface area contributed by atoms with Crippen molar-refractivity contribution in [1.29, 1.82) is 0 Å². The number of amides is 3. The molecule has 2 N–H and O–H groups in total. The van der Waals surface area contributed by atoms with Crippen LogP contribution in [0, 0.1) is 0 Å². The van der Waals surface area contributed by atoms with E-state index < -0.39 is 23.9 Å². The Balaban J connectivity index is 2.02. The number of rotatable bonds is 4. The molecule has 2 rings (SSSR count). The molecule has 19 heavy (non-hydrogen) atoms. The molecule has 1 aromatic rings. The molecule has 1 atom stereocenters. The molecule has 0 spiro atoms. The van der Waals surface area contributed by atoms with Gasteiger partial charge in [0, 0.05) is 0 Å². The normalized spacial score (nSPS) is 15.3. The highest BCUT2D eigenvalue weighted by Crippen LogP contribution is 2.22. The standard InChI is InChI=1S/C12H12N2O5/c1-7(13-12(17)18)6-19-14-10(15)8-4-2-3-5-9(8)11(14)16/h2-5,7,13H,6H2,1H3,(H,17,18). The van der Waals surface area contributed by atoms with Crippen LogP contribution in [0.2, 0.25) is 0 Å². The number of hydrogen-bond acceptors (Lipinski definition) is 4. The molecule has 3 amide bonds. The largest absolute Gasteiger partial charge is 0.465 e. The van der Waals surface area contributed by atoms with Crippen LogP contribution in [0.4, 0.5) is 4.79 Å². The van der Waals surface area contributed by atoms with Gasteiger partial charge in [-0.1, -0.05) is 12.1 Å². The first-order chi connectivity index (χ1) is 9.00. The number of nitrogens with one attached hydrogen (secondary N) is 1. The molecule has 1 unspecified atom stereocenters. The minimum absolute atomic E-state index is 0.113. The number of carbonyl (C=O) groups is 3. The minimum atomic E-state index is -1.20. The number of imide groups is 1. The Hall–Kier alpha value is -2.41. The second-order valence-corrected chi connectivity index (χ2v) is 4.10. The predicted octanol–water partition coefficient (Wildman–Crippen LogP) is 0.870. The zero-order chi connectivity index (χ0) is 14.0. The summed E-state index contributed by atoms with van der Waals surface area (Å²) < 4.78 is 0. The lowest BCUT2D eigenvalue weighted by Crippen LogP contribution is -2.39. The highest BCUT2D eigenvalue weighted by molar-refractivity contribution is 6.20. The van der Waals surface area contributed by atoms with Gasteiger partial charge in [0.05, 0.1) is 23.8 Å². The Morgan fingerprint density at radius 2 is 1.84 bits per heavy atom. The number of hydrogen-bond donors (Lipinski definition) is 2. The third kappa shape index (κ3) is 2.55. The summed E-state index contributed by atoms with van der Waals surface area (Å²) in [7, 11) is 0. The summed E-state index contributed by atoms with van der Waals surface area (Å²) in [5.74, 6) is -1.08. The van der Waals surface area contributed by atoms with E-state index in [-0.39, 0.29) is 17.7 Å². The van der Waals surface area contributed by atoms with Gasteiger partial charge in [-0.15, -0.1) is 5.06 Å². The van der Waals surface area contributed by atoms with Gasteiger partial charge in [-0.05, 0) is 19.1 Å². The van der Waals surface area contributed by atoms with Crippen molar-refractivity contribution in [3.8, 4) is 0 Å². The summed E-state index contributed by atoms with van der Waals surface area (Å²) >= 11 is 0. The molecule has 1 aliphatic rings. The maximum atomic E-state index is 11.9. The quantitative estimate of drug-likeness (QED) is 0.787. The maximum Gasteiger partial charge on any atom is 0.404 e. The summed E-state index contributed by atoms with van der Waals surface area (Å²) in [4.78, 5) is 39.3. The summed E-state index contributed by atoms with van der Waals surface area (Å²) in [5.41, 5.74) is 0.567. The van der Waals surface area contributed by atoms with Gasteiger partial charge < -0.3 is 10.4 Å². The smallest absolute Gasteiger partial charge is 0.404 e. The van der Waals surface area contributed by atoms with Crippen molar-refractivity contribution in [1.82, 2.24) is 10.4 Å². The predicted molar refractivity (Wildman–Crippen MR) is 63.5 cm³/mol. The zero-order valence-electron chi connectivity index (χ0n) is 10.1. The summed E-state index contributed by atoms with van der Waals surface area (Å²) in [6.07, 6.45) is -1.20. The Labute approximate surface area is 108 Å². The molecule has 1 aromatic carbocycles. The molecule has 0 radical (unpaired) electrons. The van der Waals surface area contributed by atoms with Gasteiger partial charge in [0.2, 0.25) is 0 Å². The van der Waals surface area contributed by atoms with Crippen LogP contribution in [0.15, 0.2) is 24.3 Å². The zero-order valence-corrected chi connectivity index (χ0v) is 10.1. The first-order valence-corrected chi connectivity index (χ1v) is 5.61. The third-order valence-corrected chi connectivity index (χ3v) is 2.58. The molecular formula is C12H12N2O5. The minimum Gasteiger partial charge on any atom is -0.465 e. The molecule has 0 saturated carbocycles. The van der Waals surface area contributed by atoms with E-state index in [0.717, 1.165) is 0 Å². The highest BCUT2D eigenvalue weighted by Gasteiger charge is 2.36. The van der Waals surface area contributed by atoms with E-state index in [1.54, 1.807) is 19.1 Å². The van der Waals surface area contributed by atoms with Crippen LogP contribution in [-0.4, -0.2) is 40.7 Å². The fourth-order valence-corrected chi connectivity index (χ4v) is 1.72. The molecule has 100 valence electrons. The van der Waals surface area contributed by atoms with Crippen molar-refractivity contribution in [2.24, 2.45) is 0 Å².